The largest absolute Gasteiger partial charge is 0.379 e. The van der Waals surface area contributed by atoms with Crippen molar-refractivity contribution >= 4 is 5.96 Å². The summed E-state index contributed by atoms with van der Waals surface area (Å²) in [5.41, 5.74) is 0. The van der Waals surface area contributed by atoms with Crippen LogP contribution in [0.3, 0.4) is 0 Å². The lowest BCUT2D eigenvalue weighted by molar-refractivity contribution is 0.0375. The second kappa shape index (κ2) is 11.6. The number of guanidine groups is 1. The fourth-order valence-corrected chi connectivity index (χ4v) is 4.36. The van der Waals surface area contributed by atoms with Crippen molar-refractivity contribution in [3.63, 3.8) is 0 Å². The van der Waals surface area contributed by atoms with Crippen LogP contribution in [0.15, 0.2) is 4.99 Å². The maximum absolute atomic E-state index is 5.44. The molecule has 2 aliphatic rings. The number of nitrogens with zero attached hydrogens (tertiary/aromatic N) is 6. The molecule has 1 N–H and O–H groups in total. The van der Waals surface area contributed by atoms with Gasteiger partial charge in [-0.25, -0.2) is 4.99 Å². The van der Waals surface area contributed by atoms with Crippen molar-refractivity contribution in [3.05, 3.63) is 11.6 Å². The van der Waals surface area contributed by atoms with Crippen molar-refractivity contribution in [1.82, 2.24) is 29.9 Å². The smallest absolute Gasteiger partial charge is 0.194 e. The molecule has 0 unspecified atom stereocenters. The molecular weight excluding hydrogens is 378 g/mol. The van der Waals surface area contributed by atoms with Gasteiger partial charge in [-0.05, 0) is 44.6 Å². The van der Waals surface area contributed by atoms with Gasteiger partial charge in [0.2, 0.25) is 0 Å². The third kappa shape index (κ3) is 6.94. The molecule has 3 rings (SSSR count). The lowest BCUT2D eigenvalue weighted by Gasteiger charge is -2.31. The Morgan fingerprint density at radius 2 is 1.93 bits per heavy atom. The van der Waals surface area contributed by atoms with Gasteiger partial charge in [0.1, 0.15) is 12.4 Å². The van der Waals surface area contributed by atoms with E-state index >= 15 is 0 Å². The topological polar surface area (TPSA) is 70.8 Å². The predicted molar refractivity (Wildman–Crippen MR) is 121 cm³/mol. The van der Waals surface area contributed by atoms with Crippen LogP contribution in [0.2, 0.25) is 0 Å². The number of aromatic nitrogens is 3. The van der Waals surface area contributed by atoms with E-state index in [0.29, 0.717) is 6.54 Å². The molecule has 1 aromatic heterocycles. The zero-order valence-electron chi connectivity index (χ0n) is 19.4. The van der Waals surface area contributed by atoms with E-state index in [1.165, 1.54) is 25.7 Å². The molecule has 8 heteroatoms. The number of ether oxygens (including phenoxy) is 1. The summed E-state index contributed by atoms with van der Waals surface area (Å²) in [5, 5.41) is 12.0. The second-order valence-corrected chi connectivity index (χ2v) is 9.10. The van der Waals surface area contributed by atoms with Crippen molar-refractivity contribution in [2.45, 2.75) is 52.5 Å². The van der Waals surface area contributed by atoms with Crippen LogP contribution >= 0.6 is 0 Å². The molecular formula is C22H41N7O. The standard InChI is InChI=1S/C22H41N7O/c1-18-6-8-20(9-7-18)17-27(3)22(24-16-21-26-25-19(2)28(21)4)23-10-5-11-29-12-14-30-15-13-29/h18,20H,5-17H2,1-4H3,(H,23,24). The molecule has 0 bridgehead atoms. The number of nitrogens with one attached hydrogen (secondary N) is 1. The van der Waals surface area contributed by atoms with Gasteiger partial charge in [-0.15, -0.1) is 10.2 Å². The lowest BCUT2D eigenvalue weighted by atomic mass is 9.83. The minimum Gasteiger partial charge on any atom is -0.379 e. The molecule has 1 saturated heterocycles. The SMILES string of the molecule is Cc1nnc(CN=C(NCCCN2CCOCC2)N(C)CC2CCC(C)CC2)n1C. The zero-order chi connectivity index (χ0) is 21.3. The van der Waals surface area contributed by atoms with Gasteiger partial charge in [0.25, 0.3) is 0 Å². The summed E-state index contributed by atoms with van der Waals surface area (Å²) in [7, 11) is 4.18. The van der Waals surface area contributed by atoms with Crippen LogP contribution in [0, 0.1) is 18.8 Å². The summed E-state index contributed by atoms with van der Waals surface area (Å²) >= 11 is 0. The molecule has 0 spiro atoms. The fourth-order valence-electron chi connectivity index (χ4n) is 4.36. The molecule has 0 amide bonds. The normalized spacial score (nSPS) is 23.5. The summed E-state index contributed by atoms with van der Waals surface area (Å²) in [6, 6.07) is 0. The first-order valence-corrected chi connectivity index (χ1v) is 11.7. The van der Waals surface area contributed by atoms with Crippen LogP contribution in [-0.2, 0) is 18.3 Å². The van der Waals surface area contributed by atoms with E-state index in [1.54, 1.807) is 0 Å². The Balaban J connectivity index is 1.54. The highest BCUT2D eigenvalue weighted by Gasteiger charge is 2.21. The van der Waals surface area contributed by atoms with Gasteiger partial charge in [0, 0.05) is 40.3 Å². The quantitative estimate of drug-likeness (QED) is 0.395. The Morgan fingerprint density at radius 3 is 2.60 bits per heavy atom. The number of aliphatic imine (C=N–C) groups is 1. The van der Waals surface area contributed by atoms with Gasteiger partial charge >= 0.3 is 0 Å². The van der Waals surface area contributed by atoms with Gasteiger partial charge in [-0.2, -0.15) is 0 Å². The first kappa shape index (κ1) is 23.0. The summed E-state index contributed by atoms with van der Waals surface area (Å²) in [6.07, 6.45) is 6.49. The summed E-state index contributed by atoms with van der Waals surface area (Å²) in [5.74, 6) is 4.46. The third-order valence-electron chi connectivity index (χ3n) is 6.62. The monoisotopic (exact) mass is 419 g/mol. The van der Waals surface area contributed by atoms with E-state index in [0.717, 1.165) is 81.8 Å². The summed E-state index contributed by atoms with van der Waals surface area (Å²) in [6.45, 7) is 11.8. The Hall–Kier alpha value is -1.67. The average molecular weight is 420 g/mol. The maximum Gasteiger partial charge on any atom is 0.194 e. The van der Waals surface area contributed by atoms with Gasteiger partial charge in [0.15, 0.2) is 11.8 Å². The average Bonchev–Trinajstić information content (AvgIpc) is 3.07. The zero-order valence-corrected chi connectivity index (χ0v) is 19.4. The molecule has 0 radical (unpaired) electrons. The van der Waals surface area contributed by atoms with Crippen molar-refractivity contribution in [2.75, 3.05) is 53.0 Å². The van der Waals surface area contributed by atoms with E-state index in [1.807, 2.05) is 18.5 Å². The first-order valence-electron chi connectivity index (χ1n) is 11.7. The number of aryl methyl sites for hydroxylation is 1. The molecule has 1 aromatic rings. The van der Waals surface area contributed by atoms with Crippen LogP contribution in [0.4, 0.5) is 0 Å². The Labute approximate surface area is 182 Å². The Morgan fingerprint density at radius 1 is 1.20 bits per heavy atom. The molecule has 2 heterocycles. The van der Waals surface area contributed by atoms with Gasteiger partial charge in [0.05, 0.1) is 13.2 Å². The molecule has 170 valence electrons. The van der Waals surface area contributed by atoms with E-state index in [-0.39, 0.29) is 0 Å². The van der Waals surface area contributed by atoms with Gasteiger partial charge in [-0.3, -0.25) is 4.90 Å². The minimum atomic E-state index is 0.551. The van der Waals surface area contributed by atoms with Crippen LogP contribution < -0.4 is 5.32 Å². The van der Waals surface area contributed by atoms with Crippen molar-refractivity contribution in [3.8, 4) is 0 Å². The van der Waals surface area contributed by atoms with Crippen molar-refractivity contribution < 1.29 is 4.74 Å². The van der Waals surface area contributed by atoms with Crippen molar-refractivity contribution in [1.29, 1.82) is 0 Å². The Bertz CT molecular complexity index is 660. The number of hydrogen-bond donors (Lipinski definition) is 1. The molecule has 8 nitrogen and oxygen atoms in total. The molecule has 1 aliphatic carbocycles. The summed E-state index contributed by atoms with van der Waals surface area (Å²) in [4.78, 5) is 9.71. The molecule has 1 aliphatic heterocycles. The van der Waals surface area contributed by atoms with Crippen LogP contribution in [-0.4, -0.2) is 83.5 Å². The molecule has 0 atom stereocenters. The van der Waals surface area contributed by atoms with Gasteiger partial charge in [-0.1, -0.05) is 19.8 Å². The molecule has 0 aromatic carbocycles. The van der Waals surface area contributed by atoms with E-state index in [2.05, 4.69) is 39.3 Å². The number of morpholine rings is 1. The van der Waals surface area contributed by atoms with Crippen molar-refractivity contribution in [2.24, 2.45) is 23.9 Å². The van der Waals surface area contributed by atoms with E-state index < -0.39 is 0 Å². The van der Waals surface area contributed by atoms with E-state index in [9.17, 15) is 0 Å². The maximum atomic E-state index is 5.44. The summed E-state index contributed by atoms with van der Waals surface area (Å²) < 4.78 is 7.46. The highest BCUT2D eigenvalue weighted by molar-refractivity contribution is 5.79. The molecule has 2 fully saturated rings. The number of hydrogen-bond acceptors (Lipinski definition) is 5. The highest BCUT2D eigenvalue weighted by Crippen LogP contribution is 2.28. The molecule has 1 saturated carbocycles. The fraction of sp³-hybridized carbons (Fsp3) is 0.864. The predicted octanol–water partition coefficient (Wildman–Crippen LogP) is 2.05. The van der Waals surface area contributed by atoms with E-state index in [4.69, 9.17) is 9.73 Å². The van der Waals surface area contributed by atoms with Gasteiger partial charge < -0.3 is 19.5 Å². The third-order valence-corrected chi connectivity index (χ3v) is 6.62. The lowest BCUT2D eigenvalue weighted by Crippen LogP contribution is -2.43. The first-order chi connectivity index (χ1) is 14.5. The van der Waals surface area contributed by atoms with Crippen LogP contribution in [0.5, 0.6) is 0 Å². The second-order valence-electron chi connectivity index (χ2n) is 9.10. The highest BCUT2D eigenvalue weighted by atomic mass is 16.5. The minimum absolute atomic E-state index is 0.551. The number of rotatable bonds is 8. The van der Waals surface area contributed by atoms with Crippen LogP contribution in [0.25, 0.3) is 0 Å². The Kier molecular flexibility index (Phi) is 8.93. The molecule has 30 heavy (non-hydrogen) atoms. The van der Waals surface area contributed by atoms with Crippen LogP contribution in [0.1, 0.15) is 50.7 Å².